The molecule has 0 unspecified atom stereocenters. The van der Waals surface area contributed by atoms with Gasteiger partial charge in [-0.15, -0.1) is 0 Å². The lowest BCUT2D eigenvalue weighted by Gasteiger charge is -2.42. The van der Waals surface area contributed by atoms with Gasteiger partial charge in [-0.25, -0.2) is 4.98 Å². The highest BCUT2D eigenvalue weighted by Gasteiger charge is 2.40. The number of aromatic nitrogens is 4. The third kappa shape index (κ3) is 2.86. The molecular weight excluding hydrogens is 402 g/mol. The third-order valence-corrected chi connectivity index (χ3v) is 8.01. The van der Waals surface area contributed by atoms with Gasteiger partial charge in [-0.1, -0.05) is 12.8 Å². The normalized spacial score (nSPS) is 20.5. The van der Waals surface area contributed by atoms with Crippen LogP contribution in [0.15, 0.2) is 35.4 Å². The quantitative estimate of drug-likeness (QED) is 0.635. The maximum Gasteiger partial charge on any atom is 0.276 e. The van der Waals surface area contributed by atoms with Crippen molar-refractivity contribution in [2.45, 2.75) is 76.4 Å². The van der Waals surface area contributed by atoms with E-state index in [2.05, 4.69) is 32.9 Å². The van der Waals surface area contributed by atoms with Gasteiger partial charge < -0.3 is 14.0 Å². The van der Waals surface area contributed by atoms with E-state index >= 15 is 0 Å². The van der Waals surface area contributed by atoms with E-state index in [9.17, 15) is 9.59 Å². The first kappa shape index (κ1) is 19.7. The number of carbonyl (C=O) groups is 1. The zero-order valence-electron chi connectivity index (χ0n) is 18.6. The highest BCUT2D eigenvalue weighted by atomic mass is 16.2. The minimum absolute atomic E-state index is 0.00718. The lowest BCUT2D eigenvalue weighted by molar-refractivity contribution is 0.0503. The Kier molecular flexibility index (Phi) is 4.49. The Balaban J connectivity index is 1.45. The largest absolute Gasteiger partial charge is 0.333 e. The molecule has 2 fully saturated rings. The van der Waals surface area contributed by atoms with Crippen LogP contribution in [-0.2, 0) is 18.5 Å². The Hall–Kier alpha value is -2.96. The average molecular weight is 432 g/mol. The van der Waals surface area contributed by atoms with Gasteiger partial charge in [-0.3, -0.25) is 9.59 Å². The zero-order chi connectivity index (χ0) is 21.9. The number of pyridine rings is 1. The molecule has 1 amide bonds. The standard InChI is InChI=1S/C25H29N5O2/c1-17-21-24(32)28(19-7-4-8-19)14-15-29(21)20(27-23(17)31)16-25(10-2-3-11-25)30-13-9-18-6-5-12-26-22(18)30/h5-6,9,12-13,19H,2-4,7-8,10-11,14-16H2,1H3. The molecule has 0 radical (unpaired) electrons. The van der Waals surface area contributed by atoms with Crippen LogP contribution in [0.5, 0.6) is 0 Å². The first-order valence-corrected chi connectivity index (χ1v) is 11.9. The fourth-order valence-corrected chi connectivity index (χ4v) is 6.02. The van der Waals surface area contributed by atoms with Crippen LogP contribution in [0.1, 0.15) is 66.8 Å². The minimum atomic E-state index is -0.265. The number of fused-ring (bicyclic) bond motifs is 2. The molecule has 2 saturated carbocycles. The Morgan fingerprint density at radius 1 is 1.09 bits per heavy atom. The second kappa shape index (κ2) is 7.29. The topological polar surface area (TPSA) is 73.0 Å². The van der Waals surface area contributed by atoms with Gasteiger partial charge in [0.25, 0.3) is 11.5 Å². The molecule has 6 rings (SSSR count). The molecule has 166 valence electrons. The molecule has 3 aromatic rings. The van der Waals surface area contributed by atoms with Crippen molar-refractivity contribution in [3.63, 3.8) is 0 Å². The number of nitrogens with zero attached hydrogens (tertiary/aromatic N) is 5. The van der Waals surface area contributed by atoms with Crippen LogP contribution >= 0.6 is 0 Å². The van der Waals surface area contributed by atoms with Crippen molar-refractivity contribution in [1.82, 2.24) is 24.0 Å². The lowest BCUT2D eigenvalue weighted by Crippen LogP contribution is -2.51. The second-order valence-electron chi connectivity index (χ2n) is 9.75. The number of rotatable bonds is 4. The highest BCUT2D eigenvalue weighted by Crippen LogP contribution is 2.41. The molecule has 2 aliphatic carbocycles. The van der Waals surface area contributed by atoms with Crippen LogP contribution in [-0.4, -0.2) is 42.5 Å². The summed E-state index contributed by atoms with van der Waals surface area (Å²) in [6, 6.07) is 6.50. The molecule has 3 aromatic heterocycles. The first-order chi connectivity index (χ1) is 15.6. The maximum atomic E-state index is 13.4. The van der Waals surface area contributed by atoms with E-state index in [0.29, 0.717) is 36.8 Å². The van der Waals surface area contributed by atoms with E-state index in [1.807, 2.05) is 21.7 Å². The smallest absolute Gasteiger partial charge is 0.276 e. The summed E-state index contributed by atoms with van der Waals surface area (Å²) < 4.78 is 4.35. The molecule has 0 spiro atoms. The van der Waals surface area contributed by atoms with Gasteiger partial charge in [-0.05, 0) is 57.2 Å². The van der Waals surface area contributed by atoms with Crippen LogP contribution in [0.25, 0.3) is 11.0 Å². The molecule has 0 saturated heterocycles. The van der Waals surface area contributed by atoms with Gasteiger partial charge >= 0.3 is 0 Å². The second-order valence-corrected chi connectivity index (χ2v) is 9.75. The predicted molar refractivity (Wildman–Crippen MR) is 122 cm³/mol. The average Bonchev–Trinajstić information content (AvgIpc) is 3.39. The molecule has 0 atom stereocenters. The summed E-state index contributed by atoms with van der Waals surface area (Å²) in [5, 5.41) is 1.13. The summed E-state index contributed by atoms with van der Waals surface area (Å²) in [6.45, 7) is 3.16. The highest BCUT2D eigenvalue weighted by molar-refractivity contribution is 5.95. The molecule has 0 aromatic carbocycles. The summed E-state index contributed by atoms with van der Waals surface area (Å²) >= 11 is 0. The Morgan fingerprint density at radius 2 is 1.91 bits per heavy atom. The van der Waals surface area contributed by atoms with Gasteiger partial charge in [0.15, 0.2) is 0 Å². The number of amides is 1. The zero-order valence-corrected chi connectivity index (χ0v) is 18.6. The summed E-state index contributed by atoms with van der Waals surface area (Å²) in [5.74, 6) is 0.754. The van der Waals surface area contributed by atoms with Gasteiger partial charge in [-0.2, -0.15) is 4.98 Å². The summed E-state index contributed by atoms with van der Waals surface area (Å²) in [5.41, 5.74) is 1.59. The fourth-order valence-electron chi connectivity index (χ4n) is 6.02. The van der Waals surface area contributed by atoms with Crippen LogP contribution in [0.3, 0.4) is 0 Å². The Morgan fingerprint density at radius 3 is 2.66 bits per heavy atom. The molecule has 0 bridgehead atoms. The monoisotopic (exact) mass is 431 g/mol. The van der Waals surface area contributed by atoms with Crippen molar-refractivity contribution in [2.24, 2.45) is 0 Å². The number of hydrogen-bond acceptors (Lipinski definition) is 4. The number of hydrogen-bond donors (Lipinski definition) is 0. The van der Waals surface area contributed by atoms with Gasteiger partial charge in [0.1, 0.15) is 17.2 Å². The molecule has 32 heavy (non-hydrogen) atoms. The van der Waals surface area contributed by atoms with Crippen LogP contribution in [0.4, 0.5) is 0 Å². The lowest BCUT2D eigenvalue weighted by atomic mass is 9.90. The van der Waals surface area contributed by atoms with Gasteiger partial charge in [0, 0.05) is 48.9 Å². The summed E-state index contributed by atoms with van der Waals surface area (Å²) in [7, 11) is 0. The Labute approximate surface area is 187 Å². The number of carbonyl (C=O) groups excluding carboxylic acids is 1. The van der Waals surface area contributed by atoms with Gasteiger partial charge in [0.2, 0.25) is 0 Å². The first-order valence-electron chi connectivity index (χ1n) is 11.9. The fraction of sp³-hybridized carbons (Fsp3) is 0.520. The summed E-state index contributed by atoms with van der Waals surface area (Å²) in [4.78, 5) is 37.5. The van der Waals surface area contributed by atoms with Crippen molar-refractivity contribution in [3.8, 4) is 0 Å². The van der Waals surface area contributed by atoms with Crippen molar-refractivity contribution < 1.29 is 4.79 Å². The molecular formula is C25H29N5O2. The van der Waals surface area contributed by atoms with E-state index < -0.39 is 0 Å². The summed E-state index contributed by atoms with van der Waals surface area (Å²) in [6.07, 6.45) is 12.3. The van der Waals surface area contributed by atoms with Crippen molar-refractivity contribution >= 4 is 16.9 Å². The van der Waals surface area contributed by atoms with Crippen molar-refractivity contribution in [2.75, 3.05) is 6.54 Å². The van der Waals surface area contributed by atoms with E-state index in [1.165, 1.54) is 6.42 Å². The molecule has 0 N–H and O–H groups in total. The van der Waals surface area contributed by atoms with E-state index in [-0.39, 0.29) is 17.0 Å². The molecule has 3 aliphatic rings. The van der Waals surface area contributed by atoms with E-state index in [1.54, 1.807) is 6.92 Å². The van der Waals surface area contributed by atoms with E-state index in [0.717, 1.165) is 55.4 Å². The molecule has 4 heterocycles. The van der Waals surface area contributed by atoms with Crippen LogP contribution < -0.4 is 5.56 Å². The van der Waals surface area contributed by atoms with Crippen molar-refractivity contribution in [1.29, 1.82) is 0 Å². The van der Waals surface area contributed by atoms with Crippen LogP contribution in [0, 0.1) is 6.92 Å². The molecule has 7 heteroatoms. The maximum absolute atomic E-state index is 13.4. The molecule has 7 nitrogen and oxygen atoms in total. The predicted octanol–water partition coefficient (Wildman–Crippen LogP) is 3.42. The van der Waals surface area contributed by atoms with Crippen LogP contribution in [0.2, 0.25) is 0 Å². The Bertz CT molecular complexity index is 1260. The van der Waals surface area contributed by atoms with E-state index in [4.69, 9.17) is 0 Å². The van der Waals surface area contributed by atoms with Gasteiger partial charge in [0.05, 0.1) is 5.54 Å². The molecule has 1 aliphatic heterocycles. The SMILES string of the molecule is Cc1c2n(c(CC3(n4ccc5cccnc54)CCCC3)nc1=O)CCN(C1CCC1)C2=O. The third-order valence-electron chi connectivity index (χ3n) is 8.01. The van der Waals surface area contributed by atoms with Crippen molar-refractivity contribution in [3.05, 3.63) is 58.0 Å². The minimum Gasteiger partial charge on any atom is -0.333 e.